The summed E-state index contributed by atoms with van der Waals surface area (Å²) in [6.45, 7) is 9.47. The van der Waals surface area contributed by atoms with E-state index in [4.69, 9.17) is 15.5 Å². The highest BCUT2D eigenvalue weighted by Crippen LogP contribution is 2.38. The van der Waals surface area contributed by atoms with Gasteiger partial charge in [-0.1, -0.05) is 19.1 Å². The zero-order chi connectivity index (χ0) is 26.1. The number of sulfonamides is 1. The maximum absolute atomic E-state index is 13.4. The number of pyridine rings is 2. The van der Waals surface area contributed by atoms with Crippen molar-refractivity contribution >= 4 is 27.6 Å². The molecule has 190 valence electrons. The molecular formula is C26H31N5O4S. The summed E-state index contributed by atoms with van der Waals surface area (Å²) in [7, 11) is -4.24. The number of nitrogens with two attached hydrogens (primary N) is 1. The van der Waals surface area contributed by atoms with Gasteiger partial charge in [-0.05, 0) is 69.5 Å². The van der Waals surface area contributed by atoms with Crippen molar-refractivity contribution in [3.8, 4) is 17.0 Å². The number of nitrogens with zero attached hydrogens (tertiary/aromatic N) is 3. The van der Waals surface area contributed by atoms with E-state index >= 15 is 0 Å². The van der Waals surface area contributed by atoms with E-state index in [9.17, 15) is 13.2 Å². The molecule has 1 fully saturated rings. The maximum atomic E-state index is 13.4. The predicted molar refractivity (Wildman–Crippen MR) is 139 cm³/mol. The number of rotatable bonds is 7. The number of carbonyl (C=O) groups is 1. The molecule has 2 aromatic heterocycles. The van der Waals surface area contributed by atoms with Gasteiger partial charge in [0.25, 0.3) is 15.9 Å². The lowest BCUT2D eigenvalue weighted by Crippen LogP contribution is -2.41. The van der Waals surface area contributed by atoms with Crippen LogP contribution < -0.4 is 20.1 Å². The monoisotopic (exact) mass is 509 g/mol. The van der Waals surface area contributed by atoms with Crippen LogP contribution in [0.3, 0.4) is 0 Å². The highest BCUT2D eigenvalue weighted by Gasteiger charge is 2.39. The topological polar surface area (TPSA) is 128 Å². The summed E-state index contributed by atoms with van der Waals surface area (Å²) in [5.41, 5.74) is 7.11. The third-order valence-electron chi connectivity index (χ3n) is 6.21. The summed E-state index contributed by atoms with van der Waals surface area (Å²) >= 11 is 0. The first-order valence-electron chi connectivity index (χ1n) is 11.8. The van der Waals surface area contributed by atoms with Crippen molar-refractivity contribution in [1.29, 1.82) is 0 Å². The lowest BCUT2D eigenvalue weighted by Gasteiger charge is -2.34. The predicted octanol–water partition coefficient (Wildman–Crippen LogP) is 3.87. The summed E-state index contributed by atoms with van der Waals surface area (Å²) in [5.74, 6) is 0.549. The van der Waals surface area contributed by atoms with E-state index in [1.807, 2.05) is 31.2 Å². The quantitative estimate of drug-likeness (QED) is 0.491. The fourth-order valence-corrected chi connectivity index (χ4v) is 5.78. The van der Waals surface area contributed by atoms with Crippen molar-refractivity contribution in [3.05, 3.63) is 60.3 Å². The van der Waals surface area contributed by atoms with E-state index in [-0.39, 0.29) is 21.8 Å². The van der Waals surface area contributed by atoms with Crippen molar-refractivity contribution in [2.24, 2.45) is 5.92 Å². The summed E-state index contributed by atoms with van der Waals surface area (Å²) in [6, 6.07) is 13.6. The smallest absolute Gasteiger partial charge is 0.268 e. The van der Waals surface area contributed by atoms with Crippen molar-refractivity contribution < 1.29 is 17.9 Å². The molecule has 3 aromatic rings. The molecule has 0 saturated carbocycles. The minimum atomic E-state index is -4.24. The molecule has 9 nitrogen and oxygen atoms in total. The lowest BCUT2D eigenvalue weighted by atomic mass is 9.97. The molecule has 1 amide bonds. The number of nitrogen functional groups attached to an aromatic ring is 1. The van der Waals surface area contributed by atoms with E-state index < -0.39 is 15.9 Å². The van der Waals surface area contributed by atoms with Gasteiger partial charge < -0.3 is 15.4 Å². The normalized spacial score (nSPS) is 17.1. The third-order valence-corrected chi connectivity index (χ3v) is 7.58. The summed E-state index contributed by atoms with van der Waals surface area (Å²) in [5, 5.41) is 0. The number of hydrogen-bond acceptors (Lipinski definition) is 8. The van der Waals surface area contributed by atoms with Crippen LogP contribution in [0.2, 0.25) is 0 Å². The summed E-state index contributed by atoms with van der Waals surface area (Å²) in [6.07, 6.45) is 2.29. The second kappa shape index (κ2) is 9.77. The molecule has 1 aliphatic rings. The van der Waals surface area contributed by atoms with Crippen LogP contribution in [0.25, 0.3) is 11.3 Å². The van der Waals surface area contributed by atoms with Crippen LogP contribution in [0.4, 0.5) is 11.6 Å². The Bertz CT molecular complexity index is 1390. The number of carbonyl (C=O) groups excluding carboxylic acids is 1. The summed E-state index contributed by atoms with van der Waals surface area (Å²) in [4.78, 5) is 23.9. The van der Waals surface area contributed by atoms with Crippen LogP contribution in [-0.4, -0.2) is 43.0 Å². The standard InChI is InChI=1S/C26H31N5O4S/c1-5-35-19-9-6-8-18(14-19)21-12-11-20(24(29-21)31-16-17(2)15-26(31,3)4)25(32)30-36(33,34)22-10-7-13-28-23(22)27/h6-14,17H,5,15-16H2,1-4H3,(H2,27,28)(H,30,32)/t17-/m0/s1. The van der Waals surface area contributed by atoms with E-state index in [0.717, 1.165) is 17.7 Å². The first-order chi connectivity index (χ1) is 17.0. The fraction of sp³-hybridized carbons (Fsp3) is 0.346. The Labute approximate surface area is 211 Å². The molecule has 0 aliphatic carbocycles. The van der Waals surface area contributed by atoms with Crippen LogP contribution in [-0.2, 0) is 10.0 Å². The van der Waals surface area contributed by atoms with E-state index in [1.54, 1.807) is 12.1 Å². The summed E-state index contributed by atoms with van der Waals surface area (Å²) < 4.78 is 33.6. The minimum Gasteiger partial charge on any atom is -0.494 e. The number of hydrogen-bond donors (Lipinski definition) is 2. The molecular weight excluding hydrogens is 478 g/mol. The van der Waals surface area contributed by atoms with Crippen LogP contribution in [0.15, 0.2) is 59.6 Å². The number of ether oxygens (including phenoxy) is 1. The highest BCUT2D eigenvalue weighted by atomic mass is 32.2. The zero-order valence-corrected chi connectivity index (χ0v) is 21.7. The van der Waals surface area contributed by atoms with Crippen molar-refractivity contribution in [3.63, 3.8) is 0 Å². The largest absolute Gasteiger partial charge is 0.494 e. The fourth-order valence-electron chi connectivity index (χ4n) is 4.73. The Hall–Kier alpha value is -3.66. The molecule has 1 atom stereocenters. The van der Waals surface area contributed by atoms with E-state index in [0.29, 0.717) is 30.6 Å². The van der Waals surface area contributed by atoms with Crippen LogP contribution in [0, 0.1) is 5.92 Å². The molecule has 1 aliphatic heterocycles. The van der Waals surface area contributed by atoms with Crippen molar-refractivity contribution in [2.75, 3.05) is 23.8 Å². The number of benzene rings is 1. The molecule has 0 bridgehead atoms. The molecule has 1 saturated heterocycles. The van der Waals surface area contributed by atoms with Gasteiger partial charge >= 0.3 is 0 Å². The van der Waals surface area contributed by atoms with Crippen LogP contribution >= 0.6 is 0 Å². The Balaban J connectivity index is 1.77. The Kier molecular flexibility index (Phi) is 6.90. The van der Waals surface area contributed by atoms with E-state index in [2.05, 4.69) is 35.4 Å². The number of nitrogens with one attached hydrogen (secondary N) is 1. The van der Waals surface area contributed by atoms with Gasteiger partial charge in [0.2, 0.25) is 0 Å². The van der Waals surface area contributed by atoms with Crippen LogP contribution in [0.1, 0.15) is 44.5 Å². The molecule has 4 rings (SSSR count). The van der Waals surface area contributed by atoms with Gasteiger partial charge in [0, 0.05) is 23.8 Å². The van der Waals surface area contributed by atoms with Gasteiger partial charge in [-0.2, -0.15) is 0 Å². The Morgan fingerprint density at radius 2 is 2.00 bits per heavy atom. The molecule has 10 heteroatoms. The van der Waals surface area contributed by atoms with Crippen LogP contribution in [0.5, 0.6) is 5.75 Å². The molecule has 36 heavy (non-hydrogen) atoms. The molecule has 3 heterocycles. The zero-order valence-electron chi connectivity index (χ0n) is 20.9. The van der Waals surface area contributed by atoms with Crippen molar-refractivity contribution in [1.82, 2.24) is 14.7 Å². The number of aromatic nitrogens is 2. The first-order valence-corrected chi connectivity index (χ1v) is 13.3. The third kappa shape index (κ3) is 5.13. The average Bonchev–Trinajstić information content (AvgIpc) is 3.10. The molecule has 1 aromatic carbocycles. The number of amides is 1. The highest BCUT2D eigenvalue weighted by molar-refractivity contribution is 7.90. The second-order valence-corrected chi connectivity index (χ2v) is 11.2. The Morgan fingerprint density at radius 3 is 2.67 bits per heavy atom. The van der Waals surface area contributed by atoms with Gasteiger partial charge in [-0.15, -0.1) is 0 Å². The van der Waals surface area contributed by atoms with Gasteiger partial charge in [0.05, 0.1) is 17.9 Å². The molecule has 0 radical (unpaired) electrons. The Morgan fingerprint density at radius 1 is 1.22 bits per heavy atom. The van der Waals surface area contributed by atoms with Gasteiger partial charge in [0.15, 0.2) is 0 Å². The van der Waals surface area contributed by atoms with Gasteiger partial charge in [-0.3, -0.25) is 4.79 Å². The molecule has 0 spiro atoms. The first kappa shape index (κ1) is 25.4. The maximum Gasteiger partial charge on any atom is 0.268 e. The van der Waals surface area contributed by atoms with E-state index in [1.165, 1.54) is 18.3 Å². The molecule has 0 unspecified atom stereocenters. The minimum absolute atomic E-state index is 0.160. The lowest BCUT2D eigenvalue weighted by molar-refractivity contribution is 0.0981. The SMILES string of the molecule is CCOc1cccc(-c2ccc(C(=O)NS(=O)(=O)c3cccnc3N)c(N3C[C@@H](C)CC3(C)C)n2)c1. The van der Waals surface area contributed by atoms with Gasteiger partial charge in [-0.25, -0.2) is 23.1 Å². The second-order valence-electron chi connectivity index (χ2n) is 9.58. The average molecular weight is 510 g/mol. The number of anilines is 2. The molecule has 3 N–H and O–H groups in total. The van der Waals surface area contributed by atoms with Gasteiger partial charge in [0.1, 0.15) is 22.3 Å². The van der Waals surface area contributed by atoms with Crippen molar-refractivity contribution in [2.45, 2.75) is 44.6 Å².